The van der Waals surface area contributed by atoms with Crippen LogP contribution >= 0.6 is 11.6 Å². The normalized spacial score (nSPS) is 25.5. The molecule has 27 heavy (non-hydrogen) atoms. The second-order valence-electron chi connectivity index (χ2n) is 8.12. The highest BCUT2D eigenvalue weighted by Crippen LogP contribution is 2.43. The lowest BCUT2D eigenvalue weighted by atomic mass is 10.0. The number of benzene rings is 1. The predicted molar refractivity (Wildman–Crippen MR) is 103 cm³/mol. The molecule has 2 atom stereocenters. The molecule has 1 aromatic carbocycles. The standard InChI is InChI=1S/C18H21ClFN5O2/c1-22-5-9-7-23(8-10(9)6-22)16-13(20)4-12-15(14(16)19)24(11-2-3-11)18(27)25(21)17(12)26/h4,9-11H,2-3,5-8,21H2,1H3. The number of anilines is 1. The van der Waals surface area contributed by atoms with Crippen molar-refractivity contribution in [2.24, 2.45) is 11.8 Å². The molecule has 3 aliphatic rings. The van der Waals surface area contributed by atoms with Crippen molar-refractivity contribution in [3.63, 3.8) is 0 Å². The van der Waals surface area contributed by atoms with Crippen molar-refractivity contribution in [1.29, 1.82) is 0 Å². The fourth-order valence-electron chi connectivity index (χ4n) is 4.80. The minimum atomic E-state index is -0.723. The number of rotatable bonds is 2. The number of nitrogens with zero attached hydrogens (tertiary/aromatic N) is 4. The summed E-state index contributed by atoms with van der Waals surface area (Å²) in [6.07, 6.45) is 1.63. The smallest absolute Gasteiger partial charge is 0.350 e. The van der Waals surface area contributed by atoms with E-state index in [4.69, 9.17) is 17.4 Å². The van der Waals surface area contributed by atoms with Crippen molar-refractivity contribution in [3.8, 4) is 0 Å². The predicted octanol–water partition coefficient (Wildman–Crippen LogP) is 1.00. The third kappa shape index (κ3) is 2.42. The van der Waals surface area contributed by atoms with Crippen molar-refractivity contribution in [2.75, 3.05) is 44.0 Å². The number of hydrogen-bond donors (Lipinski definition) is 1. The van der Waals surface area contributed by atoms with E-state index in [1.165, 1.54) is 10.6 Å². The lowest BCUT2D eigenvalue weighted by Crippen LogP contribution is -2.44. The summed E-state index contributed by atoms with van der Waals surface area (Å²) < 4.78 is 17.0. The second kappa shape index (κ2) is 5.72. The van der Waals surface area contributed by atoms with Crippen LogP contribution in [0.15, 0.2) is 15.7 Å². The summed E-state index contributed by atoms with van der Waals surface area (Å²) in [6, 6.07) is 1.14. The van der Waals surface area contributed by atoms with Gasteiger partial charge in [0.25, 0.3) is 5.56 Å². The van der Waals surface area contributed by atoms with Gasteiger partial charge in [-0.25, -0.2) is 9.18 Å². The van der Waals surface area contributed by atoms with E-state index in [2.05, 4.69) is 11.9 Å². The molecule has 2 aliphatic heterocycles. The highest BCUT2D eigenvalue weighted by Gasteiger charge is 2.40. The molecule has 1 saturated carbocycles. The number of nitrogen functional groups attached to an aromatic ring is 1. The Bertz CT molecular complexity index is 1060. The average molecular weight is 394 g/mol. The Kier molecular flexibility index (Phi) is 3.61. The Morgan fingerprint density at radius 2 is 1.78 bits per heavy atom. The molecule has 5 rings (SSSR count). The number of aromatic nitrogens is 2. The van der Waals surface area contributed by atoms with E-state index < -0.39 is 17.1 Å². The van der Waals surface area contributed by atoms with Crippen LogP contribution in [0.5, 0.6) is 0 Å². The minimum Gasteiger partial charge on any atom is -0.367 e. The van der Waals surface area contributed by atoms with E-state index in [0.29, 0.717) is 27.7 Å². The van der Waals surface area contributed by atoms with E-state index >= 15 is 4.39 Å². The van der Waals surface area contributed by atoms with Crippen LogP contribution in [0.3, 0.4) is 0 Å². The summed E-state index contributed by atoms with van der Waals surface area (Å²) in [5.41, 5.74) is -0.723. The first kappa shape index (κ1) is 17.1. The van der Waals surface area contributed by atoms with E-state index in [9.17, 15) is 9.59 Å². The lowest BCUT2D eigenvalue weighted by Gasteiger charge is -2.24. The topological polar surface area (TPSA) is 76.5 Å². The van der Waals surface area contributed by atoms with Gasteiger partial charge in [0.05, 0.1) is 21.6 Å². The van der Waals surface area contributed by atoms with Gasteiger partial charge in [-0.3, -0.25) is 9.36 Å². The number of likely N-dealkylation sites (tertiary alicyclic amines) is 1. The zero-order valence-electron chi connectivity index (χ0n) is 15.0. The minimum absolute atomic E-state index is 0.0437. The molecule has 144 valence electrons. The van der Waals surface area contributed by atoms with Crippen LogP contribution in [0.4, 0.5) is 10.1 Å². The largest absolute Gasteiger partial charge is 0.367 e. The molecule has 2 aromatic rings. The van der Waals surface area contributed by atoms with Crippen molar-refractivity contribution >= 4 is 28.2 Å². The molecule has 1 aliphatic carbocycles. The van der Waals surface area contributed by atoms with Gasteiger partial charge in [0.15, 0.2) is 0 Å². The molecular formula is C18H21ClFN5O2. The van der Waals surface area contributed by atoms with Crippen LogP contribution in [0, 0.1) is 17.7 Å². The van der Waals surface area contributed by atoms with Gasteiger partial charge in [-0.1, -0.05) is 11.6 Å². The molecule has 7 nitrogen and oxygen atoms in total. The summed E-state index contributed by atoms with van der Waals surface area (Å²) >= 11 is 6.64. The molecule has 0 radical (unpaired) electrons. The summed E-state index contributed by atoms with van der Waals surface area (Å²) in [5.74, 6) is 6.05. The molecule has 0 amide bonds. The number of nitrogens with two attached hydrogens (primary N) is 1. The highest BCUT2D eigenvalue weighted by atomic mass is 35.5. The SMILES string of the molecule is CN1CC2CN(c3c(F)cc4c(=O)n(N)c(=O)n(C5CC5)c4c3Cl)CC2C1. The monoisotopic (exact) mass is 393 g/mol. The van der Waals surface area contributed by atoms with E-state index in [-0.39, 0.29) is 16.5 Å². The Balaban J connectivity index is 1.71. The van der Waals surface area contributed by atoms with Crippen LogP contribution in [-0.4, -0.2) is 47.4 Å². The van der Waals surface area contributed by atoms with Gasteiger partial charge >= 0.3 is 5.69 Å². The summed E-state index contributed by atoms with van der Waals surface area (Å²) in [7, 11) is 2.10. The highest BCUT2D eigenvalue weighted by molar-refractivity contribution is 6.38. The fraction of sp³-hybridized carbons (Fsp3) is 0.556. The lowest BCUT2D eigenvalue weighted by molar-refractivity contribution is 0.386. The number of fused-ring (bicyclic) bond motifs is 2. The Hall–Kier alpha value is -2.06. The van der Waals surface area contributed by atoms with Gasteiger partial charge in [0, 0.05) is 32.2 Å². The molecule has 1 aromatic heterocycles. The van der Waals surface area contributed by atoms with Crippen molar-refractivity contribution in [3.05, 3.63) is 37.7 Å². The van der Waals surface area contributed by atoms with Gasteiger partial charge in [-0.2, -0.15) is 4.68 Å². The molecular weight excluding hydrogens is 373 g/mol. The molecule has 0 bridgehead atoms. The molecule has 0 spiro atoms. The first-order valence-electron chi connectivity index (χ1n) is 9.24. The van der Waals surface area contributed by atoms with Gasteiger partial charge < -0.3 is 15.6 Å². The number of hydrogen-bond acceptors (Lipinski definition) is 5. The summed E-state index contributed by atoms with van der Waals surface area (Å²) in [5, 5.41) is 0.189. The van der Waals surface area contributed by atoms with Crippen LogP contribution in [0.1, 0.15) is 18.9 Å². The molecule has 2 saturated heterocycles. The van der Waals surface area contributed by atoms with Crippen LogP contribution in [-0.2, 0) is 0 Å². The Morgan fingerprint density at radius 1 is 1.15 bits per heavy atom. The Morgan fingerprint density at radius 3 is 2.37 bits per heavy atom. The van der Waals surface area contributed by atoms with E-state index in [1.807, 2.05) is 4.90 Å². The zero-order valence-corrected chi connectivity index (χ0v) is 15.7. The number of halogens is 2. The molecule has 9 heteroatoms. The van der Waals surface area contributed by atoms with E-state index in [1.54, 1.807) is 0 Å². The van der Waals surface area contributed by atoms with Gasteiger partial charge in [-0.05, 0) is 37.8 Å². The van der Waals surface area contributed by atoms with Gasteiger partial charge in [-0.15, -0.1) is 0 Å². The fourth-order valence-corrected chi connectivity index (χ4v) is 5.20. The summed E-state index contributed by atoms with van der Waals surface area (Å²) in [6.45, 7) is 3.41. The third-order valence-electron chi connectivity index (χ3n) is 6.17. The summed E-state index contributed by atoms with van der Waals surface area (Å²) in [4.78, 5) is 29.3. The van der Waals surface area contributed by atoms with E-state index in [0.717, 1.165) is 39.0 Å². The quantitative estimate of drug-likeness (QED) is 0.770. The Labute approximate surface area is 159 Å². The maximum absolute atomic E-state index is 15.0. The average Bonchev–Trinajstić information content (AvgIpc) is 3.28. The zero-order chi connectivity index (χ0) is 19.0. The second-order valence-corrected chi connectivity index (χ2v) is 8.50. The molecule has 3 fully saturated rings. The molecule has 3 heterocycles. The maximum atomic E-state index is 15.0. The van der Waals surface area contributed by atoms with Crippen molar-refractivity contribution in [2.45, 2.75) is 18.9 Å². The van der Waals surface area contributed by atoms with Crippen LogP contribution in [0.25, 0.3) is 10.9 Å². The van der Waals surface area contributed by atoms with Crippen molar-refractivity contribution < 1.29 is 4.39 Å². The first-order chi connectivity index (χ1) is 12.9. The maximum Gasteiger partial charge on any atom is 0.350 e. The van der Waals surface area contributed by atoms with Crippen molar-refractivity contribution in [1.82, 2.24) is 14.1 Å². The van der Waals surface area contributed by atoms with Gasteiger partial charge in [0.1, 0.15) is 5.82 Å². The molecule has 2 N–H and O–H groups in total. The first-order valence-corrected chi connectivity index (χ1v) is 9.62. The van der Waals surface area contributed by atoms with Crippen LogP contribution in [0.2, 0.25) is 5.02 Å². The van der Waals surface area contributed by atoms with Gasteiger partial charge in [0.2, 0.25) is 0 Å². The van der Waals surface area contributed by atoms with Crippen LogP contribution < -0.4 is 22.0 Å². The molecule has 2 unspecified atom stereocenters. The third-order valence-corrected chi connectivity index (χ3v) is 6.53.